The lowest BCUT2D eigenvalue weighted by Crippen LogP contribution is -2.44. The van der Waals surface area contributed by atoms with Crippen LogP contribution in [0.25, 0.3) is 5.57 Å². The van der Waals surface area contributed by atoms with Crippen LogP contribution in [0.1, 0.15) is 30.5 Å². The summed E-state index contributed by atoms with van der Waals surface area (Å²) in [5, 5.41) is 20.8. The van der Waals surface area contributed by atoms with Crippen LogP contribution < -0.4 is 4.18 Å². The highest BCUT2D eigenvalue weighted by atomic mass is 32.3. The molecule has 1 atom stereocenters. The molecular formula is C24H24O10S. The zero-order valence-corrected chi connectivity index (χ0v) is 20.0. The summed E-state index contributed by atoms with van der Waals surface area (Å²) in [6.45, 7) is 3.83. The molecule has 1 aliphatic heterocycles. The summed E-state index contributed by atoms with van der Waals surface area (Å²) >= 11 is 0. The van der Waals surface area contributed by atoms with Crippen LogP contribution in [0.15, 0.2) is 59.9 Å². The van der Waals surface area contributed by atoms with Gasteiger partial charge in [0.25, 0.3) is 0 Å². The Kier molecular flexibility index (Phi) is 7.22. The zero-order valence-electron chi connectivity index (χ0n) is 19.1. The SMILES string of the molecule is COC(=O)[C@@]1(Cc2ccc(O)c(CC=C(C)C)c2)OC(=O)C(O)=C1c1ccc(OS(=O)(=O)O)cc1. The second-order valence-corrected chi connectivity index (χ2v) is 9.11. The van der Waals surface area contributed by atoms with Gasteiger partial charge in [-0.15, -0.1) is 0 Å². The Morgan fingerprint density at radius 3 is 2.34 bits per heavy atom. The minimum Gasteiger partial charge on any atom is -0.508 e. The number of esters is 2. The van der Waals surface area contributed by atoms with E-state index in [1.165, 1.54) is 18.2 Å². The quantitative estimate of drug-likeness (QED) is 0.277. The molecule has 0 saturated heterocycles. The van der Waals surface area contributed by atoms with Crippen molar-refractivity contribution in [3.05, 3.63) is 76.6 Å². The molecule has 0 bridgehead atoms. The minimum absolute atomic E-state index is 0.0508. The van der Waals surface area contributed by atoms with Gasteiger partial charge >= 0.3 is 22.3 Å². The van der Waals surface area contributed by atoms with Crippen molar-refractivity contribution >= 4 is 27.9 Å². The first kappa shape index (κ1) is 25.8. The van der Waals surface area contributed by atoms with Crippen molar-refractivity contribution in [2.45, 2.75) is 32.3 Å². The van der Waals surface area contributed by atoms with Gasteiger partial charge in [-0.25, -0.2) is 9.59 Å². The average molecular weight is 505 g/mol. The van der Waals surface area contributed by atoms with Gasteiger partial charge in [0.2, 0.25) is 11.4 Å². The van der Waals surface area contributed by atoms with Crippen molar-refractivity contribution in [3.8, 4) is 11.5 Å². The number of aliphatic hydroxyl groups excluding tert-OH is 1. The van der Waals surface area contributed by atoms with E-state index in [4.69, 9.17) is 14.0 Å². The van der Waals surface area contributed by atoms with Gasteiger partial charge in [0, 0.05) is 6.42 Å². The summed E-state index contributed by atoms with van der Waals surface area (Å²) in [5.74, 6) is -3.11. The second kappa shape index (κ2) is 9.80. The summed E-state index contributed by atoms with van der Waals surface area (Å²) in [6.07, 6.45) is 2.12. The summed E-state index contributed by atoms with van der Waals surface area (Å²) in [7, 11) is -3.66. The van der Waals surface area contributed by atoms with Crippen LogP contribution in [0.5, 0.6) is 11.5 Å². The number of hydrogen-bond donors (Lipinski definition) is 3. The third-order valence-electron chi connectivity index (χ3n) is 5.29. The van der Waals surface area contributed by atoms with Crippen LogP contribution in [0.3, 0.4) is 0 Å². The van der Waals surface area contributed by atoms with Crippen LogP contribution in [0, 0.1) is 0 Å². The molecule has 10 nitrogen and oxygen atoms in total. The lowest BCUT2D eigenvalue weighted by molar-refractivity contribution is -0.169. The molecule has 0 spiro atoms. The number of aromatic hydroxyl groups is 1. The van der Waals surface area contributed by atoms with E-state index in [-0.39, 0.29) is 29.1 Å². The number of aliphatic hydroxyl groups is 1. The summed E-state index contributed by atoms with van der Waals surface area (Å²) < 4.78 is 45.4. The number of cyclic esters (lactones) is 1. The van der Waals surface area contributed by atoms with E-state index < -0.39 is 33.7 Å². The molecule has 1 aliphatic rings. The molecular weight excluding hydrogens is 480 g/mol. The van der Waals surface area contributed by atoms with Gasteiger partial charge in [0.05, 0.1) is 12.7 Å². The van der Waals surface area contributed by atoms with Crippen molar-refractivity contribution in [1.82, 2.24) is 0 Å². The van der Waals surface area contributed by atoms with E-state index in [1.807, 2.05) is 19.9 Å². The maximum Gasteiger partial charge on any atom is 0.446 e. The predicted octanol–water partition coefficient (Wildman–Crippen LogP) is 3.06. The summed E-state index contributed by atoms with van der Waals surface area (Å²) in [6, 6.07) is 9.54. The Morgan fingerprint density at radius 1 is 1.11 bits per heavy atom. The Morgan fingerprint density at radius 2 is 1.77 bits per heavy atom. The molecule has 186 valence electrons. The monoisotopic (exact) mass is 504 g/mol. The van der Waals surface area contributed by atoms with E-state index in [0.717, 1.165) is 24.8 Å². The highest BCUT2D eigenvalue weighted by Gasteiger charge is 2.55. The van der Waals surface area contributed by atoms with E-state index in [2.05, 4.69) is 4.18 Å². The molecule has 2 aromatic carbocycles. The van der Waals surface area contributed by atoms with Gasteiger partial charge in [0.15, 0.2) is 0 Å². The lowest BCUT2D eigenvalue weighted by atomic mass is 9.83. The van der Waals surface area contributed by atoms with Crippen molar-refractivity contribution in [2.24, 2.45) is 0 Å². The first-order valence-electron chi connectivity index (χ1n) is 10.3. The van der Waals surface area contributed by atoms with Gasteiger partial charge in [-0.05, 0) is 55.2 Å². The van der Waals surface area contributed by atoms with Crippen LogP contribution >= 0.6 is 0 Å². The maximum atomic E-state index is 13.0. The van der Waals surface area contributed by atoms with Crippen molar-refractivity contribution in [1.29, 1.82) is 0 Å². The van der Waals surface area contributed by atoms with Gasteiger partial charge in [-0.3, -0.25) is 4.55 Å². The molecule has 0 unspecified atom stereocenters. The normalized spacial score (nSPS) is 17.7. The number of carbonyl (C=O) groups excluding carboxylic acids is 2. The van der Waals surface area contributed by atoms with Crippen LogP contribution in [-0.2, 0) is 42.3 Å². The number of allylic oxidation sites excluding steroid dienone is 2. The molecule has 2 aromatic rings. The van der Waals surface area contributed by atoms with Crippen molar-refractivity contribution < 1.29 is 46.4 Å². The topological polar surface area (TPSA) is 157 Å². The fourth-order valence-electron chi connectivity index (χ4n) is 3.74. The van der Waals surface area contributed by atoms with E-state index in [9.17, 15) is 28.2 Å². The van der Waals surface area contributed by atoms with Crippen LogP contribution in [0.2, 0.25) is 0 Å². The number of carbonyl (C=O) groups is 2. The largest absolute Gasteiger partial charge is 0.508 e. The van der Waals surface area contributed by atoms with Crippen LogP contribution in [0.4, 0.5) is 0 Å². The zero-order chi connectivity index (χ0) is 26.0. The molecule has 3 rings (SSSR count). The summed E-state index contributed by atoms with van der Waals surface area (Å²) in [5.41, 5.74) is 0.0245. The molecule has 1 heterocycles. The van der Waals surface area contributed by atoms with Gasteiger partial charge in [-0.2, -0.15) is 8.42 Å². The van der Waals surface area contributed by atoms with Gasteiger partial charge in [-0.1, -0.05) is 35.9 Å². The average Bonchev–Trinajstić information content (AvgIpc) is 3.03. The van der Waals surface area contributed by atoms with E-state index in [0.29, 0.717) is 17.5 Å². The standard InChI is InChI=1S/C24H24O10S/c1-14(2)4-6-17-12-15(5-11-19(17)25)13-24(23(28)32-3)20(21(26)22(27)33-24)16-7-9-18(10-8-16)34-35(29,30)31/h4-5,7-12,25-26H,6,13H2,1-3H3,(H,29,30,31)/t24-/m0/s1. The number of methoxy groups -OCH3 is 1. The molecule has 11 heteroatoms. The minimum atomic E-state index is -4.77. The molecule has 0 saturated carbocycles. The Labute approximate surface area is 202 Å². The Bertz CT molecular complexity index is 1320. The summed E-state index contributed by atoms with van der Waals surface area (Å²) in [4.78, 5) is 25.4. The fraction of sp³-hybridized carbons (Fsp3) is 0.250. The fourth-order valence-corrected chi connectivity index (χ4v) is 4.09. The third-order valence-corrected chi connectivity index (χ3v) is 5.69. The molecule has 0 fully saturated rings. The van der Waals surface area contributed by atoms with Gasteiger partial charge in [0.1, 0.15) is 11.5 Å². The maximum absolute atomic E-state index is 13.0. The third kappa shape index (κ3) is 5.64. The molecule has 0 amide bonds. The van der Waals surface area contributed by atoms with Crippen LogP contribution in [-0.4, -0.2) is 47.8 Å². The molecule has 0 aliphatic carbocycles. The highest BCUT2D eigenvalue weighted by molar-refractivity contribution is 7.81. The number of phenolic OH excluding ortho intramolecular Hbond substituents is 1. The smallest absolute Gasteiger partial charge is 0.446 e. The number of rotatable bonds is 8. The Hall–Kier alpha value is -3.83. The number of phenols is 1. The predicted molar refractivity (Wildman–Crippen MR) is 124 cm³/mol. The number of ether oxygens (including phenoxy) is 2. The van der Waals surface area contributed by atoms with Gasteiger partial charge < -0.3 is 23.9 Å². The first-order chi connectivity index (χ1) is 16.4. The molecule has 3 N–H and O–H groups in total. The Balaban J connectivity index is 2.08. The molecule has 0 radical (unpaired) electrons. The number of hydrogen-bond acceptors (Lipinski definition) is 9. The first-order valence-corrected chi connectivity index (χ1v) is 11.7. The number of benzene rings is 2. The molecule has 35 heavy (non-hydrogen) atoms. The van der Waals surface area contributed by atoms with E-state index >= 15 is 0 Å². The van der Waals surface area contributed by atoms with Crippen molar-refractivity contribution in [2.75, 3.05) is 7.11 Å². The highest BCUT2D eigenvalue weighted by Crippen LogP contribution is 2.43. The van der Waals surface area contributed by atoms with Crippen molar-refractivity contribution in [3.63, 3.8) is 0 Å². The second-order valence-electron chi connectivity index (χ2n) is 8.09. The lowest BCUT2D eigenvalue weighted by Gasteiger charge is -2.28. The van der Waals surface area contributed by atoms with E-state index in [1.54, 1.807) is 12.1 Å². The molecule has 0 aromatic heterocycles.